The van der Waals surface area contributed by atoms with E-state index in [1.54, 1.807) is 23.0 Å². The molecule has 0 aliphatic carbocycles. The number of nitrogens with zero attached hydrogens (tertiary/aromatic N) is 2. The van der Waals surface area contributed by atoms with Gasteiger partial charge in [0.2, 0.25) is 0 Å². The van der Waals surface area contributed by atoms with Crippen LogP contribution in [-0.4, -0.2) is 9.78 Å². The topological polar surface area (TPSA) is 43.8 Å². The highest BCUT2D eigenvalue weighted by Crippen LogP contribution is 2.33. The molecule has 1 unspecified atom stereocenters. The highest BCUT2D eigenvalue weighted by molar-refractivity contribution is 9.10. The zero-order valence-electron chi connectivity index (χ0n) is 10.6. The Kier molecular flexibility index (Phi) is 4.43. The molecule has 1 aromatic carbocycles. The van der Waals surface area contributed by atoms with Crippen LogP contribution in [0.3, 0.4) is 0 Å². The number of benzene rings is 1. The lowest BCUT2D eigenvalue weighted by Crippen LogP contribution is -2.20. The summed E-state index contributed by atoms with van der Waals surface area (Å²) in [6.45, 7) is 4.01. The fraction of sp³-hybridized carbons (Fsp3) is 0.308. The Labute approximate surface area is 128 Å². The van der Waals surface area contributed by atoms with Crippen molar-refractivity contribution in [1.29, 1.82) is 0 Å². The minimum absolute atomic E-state index is 0.151. The second kappa shape index (κ2) is 5.73. The van der Waals surface area contributed by atoms with Crippen molar-refractivity contribution < 1.29 is 4.39 Å². The first kappa shape index (κ1) is 14.7. The number of rotatable bonds is 3. The van der Waals surface area contributed by atoms with Gasteiger partial charge in [0.15, 0.2) is 0 Å². The first-order valence-electron chi connectivity index (χ1n) is 5.86. The quantitative estimate of drug-likeness (QED) is 0.854. The molecule has 1 aromatic heterocycles. The van der Waals surface area contributed by atoms with Gasteiger partial charge in [0.05, 0.1) is 22.4 Å². The van der Waals surface area contributed by atoms with Gasteiger partial charge in [0, 0.05) is 16.1 Å². The van der Waals surface area contributed by atoms with E-state index < -0.39 is 6.04 Å². The van der Waals surface area contributed by atoms with Gasteiger partial charge in [-0.2, -0.15) is 5.10 Å². The average Bonchev–Trinajstić information content (AvgIpc) is 2.70. The summed E-state index contributed by atoms with van der Waals surface area (Å²) < 4.78 is 17.2. The Hall–Kier alpha value is -0.720. The average molecular weight is 391 g/mol. The summed E-state index contributed by atoms with van der Waals surface area (Å²) in [5.41, 5.74) is 7.44. The molecule has 102 valence electrons. The SMILES string of the molecule is CC(C)n1ncc(Br)c1C(N)c1c(F)cccc1Br. The number of hydrogen-bond donors (Lipinski definition) is 1. The molecule has 2 aromatic rings. The third kappa shape index (κ3) is 2.75. The summed E-state index contributed by atoms with van der Waals surface area (Å²) in [5.74, 6) is -0.328. The molecule has 0 aliphatic rings. The molecule has 0 fully saturated rings. The van der Waals surface area contributed by atoms with Crippen molar-refractivity contribution in [2.24, 2.45) is 5.73 Å². The Morgan fingerprint density at radius 2 is 1.95 bits per heavy atom. The van der Waals surface area contributed by atoms with E-state index in [4.69, 9.17) is 5.73 Å². The van der Waals surface area contributed by atoms with E-state index in [-0.39, 0.29) is 11.9 Å². The van der Waals surface area contributed by atoms with Crippen molar-refractivity contribution in [3.63, 3.8) is 0 Å². The molecular weight excluding hydrogens is 377 g/mol. The Bertz CT molecular complexity index is 575. The fourth-order valence-electron chi connectivity index (χ4n) is 2.00. The lowest BCUT2D eigenvalue weighted by molar-refractivity contribution is 0.492. The molecule has 2 rings (SSSR count). The van der Waals surface area contributed by atoms with Crippen molar-refractivity contribution in [3.8, 4) is 0 Å². The molecule has 1 atom stereocenters. The molecule has 0 saturated heterocycles. The third-order valence-corrected chi connectivity index (χ3v) is 4.18. The predicted octanol–water partition coefficient (Wildman–Crippen LogP) is 4.18. The summed E-state index contributed by atoms with van der Waals surface area (Å²) in [6, 6.07) is 4.39. The van der Waals surface area contributed by atoms with Crippen LogP contribution < -0.4 is 5.73 Å². The van der Waals surface area contributed by atoms with Gasteiger partial charge in [-0.05, 0) is 41.9 Å². The smallest absolute Gasteiger partial charge is 0.129 e. The van der Waals surface area contributed by atoms with E-state index in [1.165, 1.54) is 6.07 Å². The van der Waals surface area contributed by atoms with Gasteiger partial charge in [0.1, 0.15) is 5.82 Å². The zero-order chi connectivity index (χ0) is 14.2. The maximum absolute atomic E-state index is 14.0. The molecule has 0 radical (unpaired) electrons. The second-order valence-electron chi connectivity index (χ2n) is 4.53. The summed E-state index contributed by atoms with van der Waals surface area (Å²) in [4.78, 5) is 0. The van der Waals surface area contributed by atoms with Crippen molar-refractivity contribution in [2.45, 2.75) is 25.9 Å². The van der Waals surface area contributed by atoms with Gasteiger partial charge in [0.25, 0.3) is 0 Å². The van der Waals surface area contributed by atoms with Gasteiger partial charge < -0.3 is 5.73 Å². The monoisotopic (exact) mass is 389 g/mol. The zero-order valence-corrected chi connectivity index (χ0v) is 13.7. The molecule has 0 aliphatic heterocycles. The highest BCUT2D eigenvalue weighted by atomic mass is 79.9. The summed E-state index contributed by atoms with van der Waals surface area (Å²) in [7, 11) is 0. The number of hydrogen-bond acceptors (Lipinski definition) is 2. The predicted molar refractivity (Wildman–Crippen MR) is 80.4 cm³/mol. The Balaban J connectivity index is 2.56. The van der Waals surface area contributed by atoms with Crippen LogP contribution in [0.4, 0.5) is 4.39 Å². The normalized spacial score (nSPS) is 13.0. The molecule has 0 saturated carbocycles. The summed E-state index contributed by atoms with van der Waals surface area (Å²) in [6.07, 6.45) is 1.68. The van der Waals surface area contributed by atoms with Gasteiger partial charge in [-0.3, -0.25) is 4.68 Å². The lowest BCUT2D eigenvalue weighted by Gasteiger charge is -2.19. The second-order valence-corrected chi connectivity index (χ2v) is 6.24. The van der Waals surface area contributed by atoms with Crippen LogP contribution in [0.15, 0.2) is 33.3 Å². The molecule has 6 heteroatoms. The molecule has 2 N–H and O–H groups in total. The van der Waals surface area contributed by atoms with Crippen molar-refractivity contribution >= 4 is 31.9 Å². The fourth-order valence-corrected chi connectivity index (χ4v) is 3.11. The van der Waals surface area contributed by atoms with E-state index >= 15 is 0 Å². The van der Waals surface area contributed by atoms with Crippen LogP contribution in [0.25, 0.3) is 0 Å². The van der Waals surface area contributed by atoms with Crippen LogP contribution in [0.1, 0.15) is 37.2 Å². The van der Waals surface area contributed by atoms with E-state index in [0.29, 0.717) is 10.0 Å². The van der Waals surface area contributed by atoms with Crippen LogP contribution in [0.5, 0.6) is 0 Å². The Morgan fingerprint density at radius 3 is 2.53 bits per heavy atom. The van der Waals surface area contributed by atoms with Crippen LogP contribution in [0.2, 0.25) is 0 Å². The van der Waals surface area contributed by atoms with E-state index in [2.05, 4.69) is 37.0 Å². The summed E-state index contributed by atoms with van der Waals surface area (Å²) >= 11 is 6.79. The molecule has 0 bridgehead atoms. The minimum Gasteiger partial charge on any atom is -0.319 e. The van der Waals surface area contributed by atoms with Crippen molar-refractivity contribution in [2.75, 3.05) is 0 Å². The molecule has 0 amide bonds. The van der Waals surface area contributed by atoms with E-state index in [1.807, 2.05) is 13.8 Å². The van der Waals surface area contributed by atoms with Crippen LogP contribution >= 0.6 is 31.9 Å². The van der Waals surface area contributed by atoms with Gasteiger partial charge >= 0.3 is 0 Å². The summed E-state index contributed by atoms with van der Waals surface area (Å²) in [5, 5.41) is 4.27. The van der Waals surface area contributed by atoms with Gasteiger partial charge in [-0.15, -0.1) is 0 Å². The Morgan fingerprint density at radius 1 is 1.26 bits per heavy atom. The largest absolute Gasteiger partial charge is 0.319 e. The van der Waals surface area contributed by atoms with Gasteiger partial charge in [-0.25, -0.2) is 4.39 Å². The minimum atomic E-state index is -0.588. The highest BCUT2D eigenvalue weighted by Gasteiger charge is 2.24. The van der Waals surface area contributed by atoms with E-state index in [0.717, 1.165) is 10.2 Å². The van der Waals surface area contributed by atoms with Crippen LogP contribution in [-0.2, 0) is 0 Å². The molecule has 0 spiro atoms. The first-order valence-corrected chi connectivity index (χ1v) is 7.44. The molecule has 3 nitrogen and oxygen atoms in total. The van der Waals surface area contributed by atoms with Gasteiger partial charge in [-0.1, -0.05) is 22.0 Å². The lowest BCUT2D eigenvalue weighted by atomic mass is 10.0. The standard InChI is InChI=1S/C13H14Br2FN3/c1-7(2)19-13(9(15)6-18-19)12(17)11-8(14)4-3-5-10(11)16/h3-7,12H,17H2,1-2H3. The van der Waals surface area contributed by atoms with Crippen molar-refractivity contribution in [1.82, 2.24) is 9.78 Å². The maximum Gasteiger partial charge on any atom is 0.129 e. The third-order valence-electron chi connectivity index (χ3n) is 2.88. The molecular formula is C13H14Br2FN3. The number of halogens is 3. The first-order chi connectivity index (χ1) is 8.93. The number of nitrogens with two attached hydrogens (primary N) is 1. The molecule has 1 heterocycles. The maximum atomic E-state index is 14.0. The van der Waals surface area contributed by atoms with Crippen LogP contribution in [0, 0.1) is 5.82 Å². The van der Waals surface area contributed by atoms with Crippen molar-refractivity contribution in [3.05, 3.63) is 50.4 Å². The number of aromatic nitrogens is 2. The molecule has 19 heavy (non-hydrogen) atoms. The van der Waals surface area contributed by atoms with E-state index in [9.17, 15) is 4.39 Å².